The van der Waals surface area contributed by atoms with Crippen molar-refractivity contribution in [1.82, 2.24) is 4.72 Å². The second-order valence-electron chi connectivity index (χ2n) is 4.98. The van der Waals surface area contributed by atoms with Crippen LogP contribution in [-0.2, 0) is 19.9 Å². The summed E-state index contributed by atoms with van der Waals surface area (Å²) in [6.07, 6.45) is 3.12. The number of sulfonamides is 1. The molecular weight excluding hydrogens is 300 g/mol. The average Bonchev–Trinajstić information content (AvgIpc) is 3.18. The van der Waals surface area contributed by atoms with Gasteiger partial charge in [0.1, 0.15) is 4.90 Å². The van der Waals surface area contributed by atoms with Crippen LogP contribution < -0.4 is 10.0 Å². The zero-order valence-electron chi connectivity index (χ0n) is 11.4. The van der Waals surface area contributed by atoms with Gasteiger partial charge in [0.25, 0.3) is 0 Å². The second-order valence-corrected chi connectivity index (χ2v) is 8.73. The predicted molar refractivity (Wildman–Crippen MR) is 77.0 cm³/mol. The molecule has 20 heavy (non-hydrogen) atoms. The summed E-state index contributed by atoms with van der Waals surface area (Å²) >= 11 is 0. The largest absolute Gasteiger partial charge is 0.387 e. The molecule has 1 aliphatic carbocycles. The Hall–Kier alpha value is -1.12. The summed E-state index contributed by atoms with van der Waals surface area (Å²) in [6.45, 7) is 0.397. The van der Waals surface area contributed by atoms with Crippen molar-refractivity contribution >= 4 is 25.5 Å². The SMILES string of the molecule is CNc1ccc(S(C)(=O)=O)cc1S(=O)(=O)NCC1CC1. The van der Waals surface area contributed by atoms with Gasteiger partial charge in [-0.3, -0.25) is 0 Å². The van der Waals surface area contributed by atoms with E-state index < -0.39 is 19.9 Å². The van der Waals surface area contributed by atoms with Crippen LogP contribution in [0.25, 0.3) is 0 Å². The van der Waals surface area contributed by atoms with Crippen molar-refractivity contribution < 1.29 is 16.8 Å². The van der Waals surface area contributed by atoms with E-state index in [0.29, 0.717) is 18.2 Å². The molecule has 0 saturated heterocycles. The molecule has 6 nitrogen and oxygen atoms in total. The zero-order chi connectivity index (χ0) is 15.0. The first-order valence-electron chi connectivity index (χ1n) is 6.25. The van der Waals surface area contributed by atoms with Gasteiger partial charge in [0.2, 0.25) is 10.0 Å². The average molecular weight is 318 g/mol. The number of benzene rings is 1. The Morgan fingerprint density at radius 3 is 2.35 bits per heavy atom. The van der Waals surface area contributed by atoms with E-state index in [0.717, 1.165) is 19.1 Å². The highest BCUT2D eigenvalue weighted by atomic mass is 32.2. The van der Waals surface area contributed by atoms with E-state index in [1.165, 1.54) is 18.2 Å². The second kappa shape index (κ2) is 5.34. The van der Waals surface area contributed by atoms with Gasteiger partial charge in [0.05, 0.1) is 10.6 Å². The number of nitrogens with one attached hydrogen (secondary N) is 2. The fraction of sp³-hybridized carbons (Fsp3) is 0.500. The third kappa shape index (κ3) is 3.50. The maximum atomic E-state index is 12.3. The molecule has 0 unspecified atom stereocenters. The van der Waals surface area contributed by atoms with Gasteiger partial charge >= 0.3 is 0 Å². The van der Waals surface area contributed by atoms with Crippen LogP contribution in [0.2, 0.25) is 0 Å². The van der Waals surface area contributed by atoms with Crippen LogP contribution in [0.4, 0.5) is 5.69 Å². The smallest absolute Gasteiger partial charge is 0.242 e. The molecule has 1 fully saturated rings. The van der Waals surface area contributed by atoms with E-state index in [1.54, 1.807) is 7.05 Å². The van der Waals surface area contributed by atoms with Crippen molar-refractivity contribution in [3.05, 3.63) is 18.2 Å². The summed E-state index contributed by atoms with van der Waals surface area (Å²) in [4.78, 5) is -0.0492. The molecule has 0 spiro atoms. The number of anilines is 1. The number of sulfone groups is 1. The molecule has 8 heteroatoms. The van der Waals surface area contributed by atoms with E-state index in [9.17, 15) is 16.8 Å². The summed E-state index contributed by atoms with van der Waals surface area (Å²) in [5.41, 5.74) is 0.376. The number of rotatable bonds is 6. The molecule has 2 rings (SSSR count). The fourth-order valence-electron chi connectivity index (χ4n) is 1.79. The molecule has 2 N–H and O–H groups in total. The summed E-state index contributed by atoms with van der Waals surface area (Å²) < 4.78 is 50.2. The van der Waals surface area contributed by atoms with Crippen LogP contribution >= 0.6 is 0 Å². The van der Waals surface area contributed by atoms with Crippen LogP contribution in [0.1, 0.15) is 12.8 Å². The minimum absolute atomic E-state index is 0.0108. The first kappa shape index (κ1) is 15.3. The topological polar surface area (TPSA) is 92.3 Å². The van der Waals surface area contributed by atoms with Crippen LogP contribution in [0, 0.1) is 5.92 Å². The molecule has 0 aromatic heterocycles. The first-order chi connectivity index (χ1) is 9.24. The van der Waals surface area contributed by atoms with Crippen molar-refractivity contribution in [3.63, 3.8) is 0 Å². The predicted octanol–water partition coefficient (Wildman–Crippen LogP) is 0.820. The monoisotopic (exact) mass is 318 g/mol. The molecule has 1 aromatic rings. The molecule has 0 amide bonds. The van der Waals surface area contributed by atoms with Crippen LogP contribution in [-0.4, -0.2) is 36.7 Å². The molecule has 112 valence electrons. The number of hydrogen-bond acceptors (Lipinski definition) is 5. The summed E-state index contributed by atoms with van der Waals surface area (Å²) in [7, 11) is -5.57. The summed E-state index contributed by atoms with van der Waals surface area (Å²) in [6, 6.07) is 4.04. The standard InChI is InChI=1S/C12H18N2O4S2/c1-13-11-6-5-10(19(2,15)16)7-12(11)20(17,18)14-8-9-3-4-9/h5-7,9,13-14H,3-4,8H2,1-2H3. The van der Waals surface area contributed by atoms with Gasteiger partial charge in [-0.15, -0.1) is 0 Å². The summed E-state index contributed by atoms with van der Waals surface area (Å²) in [5, 5.41) is 2.77. The van der Waals surface area contributed by atoms with E-state index in [2.05, 4.69) is 10.0 Å². The Labute approximate surface area is 119 Å². The zero-order valence-corrected chi connectivity index (χ0v) is 13.0. The van der Waals surface area contributed by atoms with Gasteiger partial charge in [-0.05, 0) is 37.0 Å². The number of hydrogen-bond donors (Lipinski definition) is 2. The Balaban J connectivity index is 2.41. The van der Waals surface area contributed by atoms with Gasteiger partial charge in [-0.1, -0.05) is 0 Å². The molecule has 0 atom stereocenters. The quantitative estimate of drug-likeness (QED) is 0.810. The summed E-state index contributed by atoms with van der Waals surface area (Å²) in [5.74, 6) is 0.404. The maximum Gasteiger partial charge on any atom is 0.242 e. The lowest BCUT2D eigenvalue weighted by atomic mass is 10.3. The van der Waals surface area contributed by atoms with Crippen molar-refractivity contribution in [3.8, 4) is 0 Å². The van der Waals surface area contributed by atoms with Crippen molar-refractivity contribution in [2.24, 2.45) is 5.92 Å². The Morgan fingerprint density at radius 2 is 1.85 bits per heavy atom. The van der Waals surface area contributed by atoms with Crippen LogP contribution in [0.3, 0.4) is 0 Å². The third-order valence-corrected chi connectivity index (χ3v) is 5.77. The van der Waals surface area contributed by atoms with Gasteiger partial charge in [-0.25, -0.2) is 21.6 Å². The van der Waals surface area contributed by atoms with E-state index >= 15 is 0 Å². The fourth-order valence-corrected chi connectivity index (χ4v) is 3.86. The minimum atomic E-state index is -3.72. The molecule has 1 aliphatic rings. The van der Waals surface area contributed by atoms with Crippen molar-refractivity contribution in [1.29, 1.82) is 0 Å². The lowest BCUT2D eigenvalue weighted by molar-refractivity contribution is 0.577. The Morgan fingerprint density at radius 1 is 1.20 bits per heavy atom. The van der Waals surface area contributed by atoms with E-state index in [4.69, 9.17) is 0 Å². The first-order valence-corrected chi connectivity index (χ1v) is 9.63. The third-order valence-electron chi connectivity index (χ3n) is 3.20. The van der Waals surface area contributed by atoms with Crippen molar-refractivity contribution in [2.75, 3.05) is 25.2 Å². The minimum Gasteiger partial charge on any atom is -0.387 e. The highest BCUT2D eigenvalue weighted by Crippen LogP contribution is 2.29. The van der Waals surface area contributed by atoms with Crippen molar-refractivity contribution in [2.45, 2.75) is 22.6 Å². The maximum absolute atomic E-state index is 12.3. The van der Waals surface area contributed by atoms with E-state index in [1.807, 2.05) is 0 Å². The van der Waals surface area contributed by atoms with Crippen LogP contribution in [0.15, 0.2) is 28.0 Å². The molecule has 0 bridgehead atoms. The molecule has 1 aromatic carbocycles. The molecule has 1 saturated carbocycles. The normalized spacial score (nSPS) is 16.1. The molecule has 0 radical (unpaired) electrons. The van der Waals surface area contributed by atoms with Gasteiger partial charge in [-0.2, -0.15) is 0 Å². The van der Waals surface area contributed by atoms with Crippen LogP contribution in [0.5, 0.6) is 0 Å². The highest BCUT2D eigenvalue weighted by molar-refractivity contribution is 7.91. The highest BCUT2D eigenvalue weighted by Gasteiger charge is 2.26. The Kier molecular flexibility index (Phi) is 4.08. The molecule has 0 heterocycles. The van der Waals surface area contributed by atoms with E-state index in [-0.39, 0.29) is 9.79 Å². The lowest BCUT2D eigenvalue weighted by Gasteiger charge is -2.12. The van der Waals surface area contributed by atoms with Gasteiger partial charge in [0.15, 0.2) is 9.84 Å². The molecule has 0 aliphatic heterocycles. The Bertz CT molecular complexity index is 707. The lowest BCUT2D eigenvalue weighted by Crippen LogP contribution is -2.26. The van der Waals surface area contributed by atoms with Gasteiger partial charge < -0.3 is 5.32 Å². The molecular formula is C12H18N2O4S2. The van der Waals surface area contributed by atoms with Gasteiger partial charge in [0, 0.05) is 19.8 Å².